The van der Waals surface area contributed by atoms with Crippen LogP contribution in [0.3, 0.4) is 0 Å². The summed E-state index contributed by atoms with van der Waals surface area (Å²) in [6.45, 7) is 7.97. The van der Waals surface area contributed by atoms with Gasteiger partial charge in [-0.1, -0.05) is 59.6 Å². The molecule has 0 fully saturated rings. The fraction of sp³-hybridized carbons (Fsp3) is 0.133. The van der Waals surface area contributed by atoms with Crippen molar-refractivity contribution in [2.75, 3.05) is 10.6 Å². The zero-order valence-electron chi connectivity index (χ0n) is 21.3. The van der Waals surface area contributed by atoms with Crippen LogP contribution in [0.2, 0.25) is 10.0 Å². The van der Waals surface area contributed by atoms with Gasteiger partial charge in [-0.25, -0.2) is 0 Å². The normalized spacial score (nSPS) is 10.8. The highest BCUT2D eigenvalue weighted by Gasteiger charge is 2.19. The lowest BCUT2D eigenvalue weighted by Crippen LogP contribution is -2.14. The van der Waals surface area contributed by atoms with Gasteiger partial charge < -0.3 is 10.6 Å². The van der Waals surface area contributed by atoms with Gasteiger partial charge in [0.2, 0.25) is 0 Å². The maximum absolute atomic E-state index is 13.0. The summed E-state index contributed by atoms with van der Waals surface area (Å²) >= 11 is 12.2. The molecule has 0 bridgehead atoms. The third-order valence-electron chi connectivity index (χ3n) is 5.98. The second kappa shape index (κ2) is 12.3. The molecule has 0 spiro atoms. The number of anilines is 2. The highest BCUT2D eigenvalue weighted by Crippen LogP contribution is 2.48. The molecule has 4 nitrogen and oxygen atoms in total. The summed E-state index contributed by atoms with van der Waals surface area (Å²) in [5, 5.41) is 7.18. The van der Waals surface area contributed by atoms with Crippen LogP contribution in [0, 0.1) is 27.7 Å². The molecule has 2 N–H and O–H groups in total. The van der Waals surface area contributed by atoms with Crippen molar-refractivity contribution < 1.29 is 9.59 Å². The Morgan fingerprint density at radius 2 is 0.947 bits per heavy atom. The maximum atomic E-state index is 13.0. The molecular weight excluding hydrogens is 555 g/mol. The summed E-state index contributed by atoms with van der Waals surface area (Å²) in [4.78, 5) is 28.0. The van der Waals surface area contributed by atoms with Gasteiger partial charge in [0.25, 0.3) is 11.8 Å². The van der Waals surface area contributed by atoms with E-state index in [4.69, 9.17) is 23.2 Å². The molecule has 4 rings (SSSR count). The van der Waals surface area contributed by atoms with Crippen molar-refractivity contribution in [2.45, 2.75) is 37.5 Å². The van der Waals surface area contributed by atoms with Crippen molar-refractivity contribution >= 4 is 68.0 Å². The standard InChI is InChI=1S/C30H26Cl2N2O2S2/c1-17-11-13-19(3)27(25(17)33-29(35)21-7-5-9-23(31)15-21)37-38-28-20(4)14-12-18(2)26(28)34-30(36)22-8-6-10-24(32)16-22/h5-16H,1-4H3,(H,33,35)(H,34,36). The summed E-state index contributed by atoms with van der Waals surface area (Å²) in [6.07, 6.45) is 0. The smallest absolute Gasteiger partial charge is 0.255 e. The van der Waals surface area contributed by atoms with Crippen molar-refractivity contribution in [3.8, 4) is 0 Å². The number of amides is 2. The summed E-state index contributed by atoms with van der Waals surface area (Å²) < 4.78 is 0. The molecule has 4 aromatic rings. The second-order valence-corrected chi connectivity index (χ2v) is 11.9. The minimum absolute atomic E-state index is 0.228. The van der Waals surface area contributed by atoms with Crippen LogP contribution in [-0.2, 0) is 0 Å². The monoisotopic (exact) mass is 580 g/mol. The van der Waals surface area contributed by atoms with Gasteiger partial charge in [0.05, 0.1) is 11.4 Å². The summed E-state index contributed by atoms with van der Waals surface area (Å²) in [7, 11) is 3.09. The molecule has 0 atom stereocenters. The zero-order chi connectivity index (χ0) is 27.4. The van der Waals surface area contributed by atoms with Gasteiger partial charge in [-0.15, -0.1) is 0 Å². The Hall–Kier alpha value is -2.90. The minimum Gasteiger partial charge on any atom is -0.321 e. The van der Waals surface area contributed by atoms with Gasteiger partial charge in [-0.3, -0.25) is 9.59 Å². The van der Waals surface area contributed by atoms with Crippen LogP contribution in [0.5, 0.6) is 0 Å². The Morgan fingerprint density at radius 3 is 1.32 bits per heavy atom. The van der Waals surface area contributed by atoms with E-state index in [1.165, 1.54) is 0 Å². The fourth-order valence-corrected chi connectivity index (χ4v) is 7.14. The lowest BCUT2D eigenvalue weighted by molar-refractivity contribution is 0.101. The molecule has 0 aliphatic rings. The van der Waals surface area contributed by atoms with Crippen LogP contribution < -0.4 is 10.6 Å². The van der Waals surface area contributed by atoms with Crippen molar-refractivity contribution in [2.24, 2.45) is 0 Å². The van der Waals surface area contributed by atoms with Gasteiger partial charge in [-0.2, -0.15) is 0 Å². The predicted octanol–water partition coefficient (Wildman–Crippen LogP) is 9.53. The van der Waals surface area contributed by atoms with Gasteiger partial charge in [0.15, 0.2) is 0 Å². The molecule has 4 aromatic carbocycles. The molecule has 0 aliphatic heterocycles. The van der Waals surface area contributed by atoms with Crippen molar-refractivity contribution in [1.29, 1.82) is 0 Å². The fourth-order valence-electron chi connectivity index (χ4n) is 3.81. The minimum atomic E-state index is -0.228. The second-order valence-electron chi connectivity index (χ2n) is 8.90. The highest BCUT2D eigenvalue weighted by atomic mass is 35.5. The molecule has 0 saturated heterocycles. The molecule has 0 heterocycles. The topological polar surface area (TPSA) is 58.2 Å². The van der Waals surface area contributed by atoms with E-state index < -0.39 is 0 Å². The Morgan fingerprint density at radius 1 is 0.579 bits per heavy atom. The first-order chi connectivity index (χ1) is 18.1. The Balaban J connectivity index is 1.63. The lowest BCUT2D eigenvalue weighted by Gasteiger charge is -2.19. The number of nitrogens with one attached hydrogen (secondary N) is 2. The molecule has 0 aliphatic carbocycles. The number of rotatable bonds is 7. The Bertz CT molecular complexity index is 1420. The molecule has 0 unspecified atom stereocenters. The van der Waals surface area contributed by atoms with Gasteiger partial charge in [0, 0.05) is 31.0 Å². The van der Waals surface area contributed by atoms with E-state index in [1.54, 1.807) is 70.1 Å². The van der Waals surface area contributed by atoms with Crippen LogP contribution in [-0.4, -0.2) is 11.8 Å². The van der Waals surface area contributed by atoms with Crippen LogP contribution in [0.25, 0.3) is 0 Å². The van der Waals surface area contributed by atoms with Gasteiger partial charge >= 0.3 is 0 Å². The molecule has 0 aromatic heterocycles. The largest absolute Gasteiger partial charge is 0.321 e. The number of carbonyl (C=O) groups is 2. The van der Waals surface area contributed by atoms with E-state index in [1.807, 2.05) is 52.0 Å². The van der Waals surface area contributed by atoms with E-state index in [-0.39, 0.29) is 11.8 Å². The predicted molar refractivity (Wildman–Crippen MR) is 162 cm³/mol. The number of benzene rings is 4. The summed E-state index contributed by atoms with van der Waals surface area (Å²) in [5.74, 6) is -0.455. The van der Waals surface area contributed by atoms with Crippen molar-refractivity contribution in [3.63, 3.8) is 0 Å². The van der Waals surface area contributed by atoms with Crippen molar-refractivity contribution in [3.05, 3.63) is 116 Å². The van der Waals surface area contributed by atoms with Gasteiger partial charge in [-0.05, 0) is 108 Å². The van der Waals surface area contributed by atoms with Crippen LogP contribution in [0.4, 0.5) is 11.4 Å². The maximum Gasteiger partial charge on any atom is 0.255 e. The molecule has 38 heavy (non-hydrogen) atoms. The molecule has 194 valence electrons. The number of halogens is 2. The van der Waals surface area contributed by atoms with Crippen LogP contribution in [0.15, 0.2) is 82.6 Å². The Kier molecular flexibility index (Phi) is 9.11. The molecule has 2 amide bonds. The average Bonchev–Trinajstić information content (AvgIpc) is 2.89. The first-order valence-corrected chi connectivity index (χ1v) is 14.7. The van der Waals surface area contributed by atoms with E-state index in [9.17, 15) is 9.59 Å². The Labute approximate surface area is 240 Å². The molecule has 8 heteroatoms. The number of carbonyl (C=O) groups excluding carboxylic acids is 2. The third-order valence-corrected chi connectivity index (χ3v) is 9.17. The van der Waals surface area contributed by atoms with Crippen molar-refractivity contribution in [1.82, 2.24) is 0 Å². The number of aryl methyl sites for hydroxylation is 4. The third kappa shape index (κ3) is 6.56. The summed E-state index contributed by atoms with van der Waals surface area (Å²) in [5.41, 5.74) is 6.44. The zero-order valence-corrected chi connectivity index (χ0v) is 24.5. The van der Waals surface area contributed by atoms with Crippen LogP contribution >= 0.6 is 44.8 Å². The van der Waals surface area contributed by atoms with E-state index >= 15 is 0 Å². The molecule has 0 saturated carbocycles. The van der Waals surface area contributed by atoms with E-state index in [0.29, 0.717) is 21.2 Å². The molecule has 0 radical (unpaired) electrons. The first-order valence-electron chi connectivity index (χ1n) is 11.8. The van der Waals surface area contributed by atoms with E-state index in [0.717, 1.165) is 43.4 Å². The van der Waals surface area contributed by atoms with Gasteiger partial charge in [0.1, 0.15) is 0 Å². The van der Waals surface area contributed by atoms with E-state index in [2.05, 4.69) is 10.6 Å². The average molecular weight is 582 g/mol. The lowest BCUT2D eigenvalue weighted by atomic mass is 10.1. The quantitative estimate of drug-likeness (QED) is 0.214. The SMILES string of the molecule is Cc1ccc(C)c(SSc2c(C)ccc(C)c2NC(=O)c2cccc(Cl)c2)c1NC(=O)c1cccc(Cl)c1. The van der Waals surface area contributed by atoms with Crippen LogP contribution in [0.1, 0.15) is 43.0 Å². The first kappa shape index (κ1) is 28.1. The number of hydrogen-bond acceptors (Lipinski definition) is 4. The highest BCUT2D eigenvalue weighted by molar-refractivity contribution is 8.76. The molecular formula is C30H26Cl2N2O2S2. The summed E-state index contributed by atoms with van der Waals surface area (Å²) in [6, 6.07) is 21.8. The number of hydrogen-bond donors (Lipinski definition) is 2.